The highest BCUT2D eigenvalue weighted by atomic mass is 16.1. The lowest BCUT2D eigenvalue weighted by molar-refractivity contribution is 0.0965. The van der Waals surface area contributed by atoms with Crippen molar-refractivity contribution < 1.29 is 4.79 Å². The molecule has 0 unspecified atom stereocenters. The fraction of sp³-hybridized carbons (Fsp3) is 0.533. The van der Waals surface area contributed by atoms with Crippen molar-refractivity contribution in [2.75, 3.05) is 0 Å². The summed E-state index contributed by atoms with van der Waals surface area (Å²) < 4.78 is 0. The van der Waals surface area contributed by atoms with Crippen LogP contribution in [0.3, 0.4) is 0 Å². The lowest BCUT2D eigenvalue weighted by Gasteiger charge is -2.17. The Balaban J connectivity index is 2.78. The zero-order valence-electron chi connectivity index (χ0n) is 11.1. The number of carbonyl (C=O) groups excluding carboxylic acids is 1. The van der Waals surface area contributed by atoms with Crippen molar-refractivity contribution in [2.45, 2.75) is 47.5 Å². The van der Waals surface area contributed by atoms with Gasteiger partial charge in [0.15, 0.2) is 5.78 Å². The predicted molar refractivity (Wildman–Crippen MR) is 68.9 cm³/mol. The first kappa shape index (κ1) is 13.0. The molecule has 0 radical (unpaired) electrons. The maximum atomic E-state index is 12.1. The Kier molecular flexibility index (Phi) is 3.90. The summed E-state index contributed by atoms with van der Waals surface area (Å²) in [5.41, 5.74) is 3.44. The van der Waals surface area contributed by atoms with E-state index in [-0.39, 0.29) is 11.2 Å². The Morgan fingerprint density at radius 2 is 1.81 bits per heavy atom. The molecule has 1 nitrogen and oxygen atoms in total. The van der Waals surface area contributed by atoms with Crippen LogP contribution in [-0.2, 0) is 0 Å². The van der Waals surface area contributed by atoms with Crippen molar-refractivity contribution in [1.82, 2.24) is 0 Å². The number of hydrogen-bond acceptors (Lipinski definition) is 1. The van der Waals surface area contributed by atoms with Crippen molar-refractivity contribution in [3.63, 3.8) is 0 Å². The molecule has 1 aromatic rings. The minimum Gasteiger partial charge on any atom is -0.294 e. The summed E-state index contributed by atoms with van der Waals surface area (Å²) in [5, 5.41) is 0. The largest absolute Gasteiger partial charge is 0.294 e. The number of ketones is 1. The van der Waals surface area contributed by atoms with E-state index in [9.17, 15) is 4.79 Å². The Morgan fingerprint density at radius 1 is 1.19 bits per heavy atom. The smallest absolute Gasteiger partial charge is 0.163 e. The topological polar surface area (TPSA) is 17.1 Å². The lowest BCUT2D eigenvalue weighted by atomic mass is 9.87. The maximum absolute atomic E-state index is 12.1. The van der Waals surface area contributed by atoms with Gasteiger partial charge < -0.3 is 0 Å². The summed E-state index contributed by atoms with van der Waals surface area (Å²) >= 11 is 0. The van der Waals surface area contributed by atoms with Gasteiger partial charge in [-0.2, -0.15) is 0 Å². The van der Waals surface area contributed by atoms with Gasteiger partial charge in [0, 0.05) is 12.0 Å². The minimum atomic E-state index is 0.230. The number of aryl methyl sites for hydroxylation is 1. The second-order valence-electron chi connectivity index (χ2n) is 5.73. The van der Waals surface area contributed by atoms with Crippen molar-refractivity contribution in [3.05, 3.63) is 34.9 Å². The molecule has 0 bridgehead atoms. The van der Waals surface area contributed by atoms with Gasteiger partial charge >= 0.3 is 0 Å². The van der Waals surface area contributed by atoms with Crippen LogP contribution in [0.15, 0.2) is 18.2 Å². The van der Waals surface area contributed by atoms with Crippen LogP contribution in [0.25, 0.3) is 0 Å². The lowest BCUT2D eigenvalue weighted by Crippen LogP contribution is -2.10. The van der Waals surface area contributed by atoms with Crippen LogP contribution in [0.2, 0.25) is 0 Å². The summed E-state index contributed by atoms with van der Waals surface area (Å²) in [7, 11) is 0. The Bertz CT molecular complexity index is 383. The summed E-state index contributed by atoms with van der Waals surface area (Å²) in [4.78, 5) is 12.1. The Morgan fingerprint density at radius 3 is 2.38 bits per heavy atom. The summed E-state index contributed by atoms with van der Waals surface area (Å²) in [6.45, 7) is 10.6. The molecule has 0 saturated carbocycles. The molecule has 0 saturated heterocycles. The number of rotatable bonds is 3. The van der Waals surface area contributed by atoms with E-state index < -0.39 is 0 Å². The molecular weight excluding hydrogens is 196 g/mol. The molecule has 0 aromatic heterocycles. The zero-order valence-corrected chi connectivity index (χ0v) is 11.1. The maximum Gasteiger partial charge on any atom is 0.163 e. The van der Waals surface area contributed by atoms with Crippen LogP contribution in [0.4, 0.5) is 0 Å². The standard InChI is InChI=1S/C15H22O/c1-11-7-6-8-13(12(11)2)14(16)9-10-15(3,4)5/h6-8H,9-10H2,1-5H3. The van der Waals surface area contributed by atoms with Crippen molar-refractivity contribution >= 4 is 5.78 Å². The third-order valence-electron chi connectivity index (χ3n) is 3.01. The molecule has 1 rings (SSSR count). The number of hydrogen-bond donors (Lipinski definition) is 0. The zero-order chi connectivity index (χ0) is 12.3. The van der Waals surface area contributed by atoms with E-state index in [0.717, 1.165) is 17.5 Å². The first-order chi connectivity index (χ1) is 7.31. The van der Waals surface area contributed by atoms with Gasteiger partial charge in [0.2, 0.25) is 0 Å². The van der Waals surface area contributed by atoms with Crippen LogP contribution in [0.5, 0.6) is 0 Å². The van der Waals surface area contributed by atoms with Gasteiger partial charge in [0.1, 0.15) is 0 Å². The van der Waals surface area contributed by atoms with Crippen LogP contribution in [-0.4, -0.2) is 5.78 Å². The summed E-state index contributed by atoms with van der Waals surface area (Å²) in [6, 6.07) is 5.95. The number of carbonyl (C=O) groups is 1. The number of benzene rings is 1. The Hall–Kier alpha value is -1.11. The normalized spacial score (nSPS) is 11.6. The van der Waals surface area contributed by atoms with Gasteiger partial charge in [-0.05, 0) is 36.8 Å². The van der Waals surface area contributed by atoms with Gasteiger partial charge in [0.05, 0.1) is 0 Å². The molecule has 88 valence electrons. The van der Waals surface area contributed by atoms with Crippen LogP contribution < -0.4 is 0 Å². The van der Waals surface area contributed by atoms with E-state index in [4.69, 9.17) is 0 Å². The SMILES string of the molecule is Cc1cccc(C(=O)CCC(C)(C)C)c1C. The second-order valence-corrected chi connectivity index (χ2v) is 5.73. The molecule has 1 heteroatoms. The molecule has 0 aliphatic heterocycles. The molecule has 0 aliphatic carbocycles. The third-order valence-corrected chi connectivity index (χ3v) is 3.01. The molecule has 0 N–H and O–H groups in total. The molecule has 0 heterocycles. The van der Waals surface area contributed by atoms with E-state index in [1.807, 2.05) is 19.1 Å². The van der Waals surface area contributed by atoms with Crippen molar-refractivity contribution in [1.29, 1.82) is 0 Å². The van der Waals surface area contributed by atoms with Crippen LogP contribution in [0, 0.1) is 19.3 Å². The van der Waals surface area contributed by atoms with Gasteiger partial charge in [-0.1, -0.05) is 39.0 Å². The van der Waals surface area contributed by atoms with Gasteiger partial charge in [-0.15, -0.1) is 0 Å². The van der Waals surface area contributed by atoms with Crippen molar-refractivity contribution in [2.24, 2.45) is 5.41 Å². The first-order valence-corrected chi connectivity index (χ1v) is 5.91. The van der Waals surface area contributed by atoms with E-state index in [2.05, 4.69) is 33.8 Å². The molecular formula is C15H22O. The highest BCUT2D eigenvalue weighted by molar-refractivity contribution is 5.97. The highest BCUT2D eigenvalue weighted by Gasteiger charge is 2.15. The molecule has 0 aliphatic rings. The predicted octanol–water partition coefficient (Wildman–Crippen LogP) is 4.31. The van der Waals surface area contributed by atoms with E-state index in [0.29, 0.717) is 6.42 Å². The van der Waals surface area contributed by atoms with E-state index in [1.54, 1.807) is 0 Å². The molecule has 0 atom stereocenters. The highest BCUT2D eigenvalue weighted by Crippen LogP contribution is 2.23. The minimum absolute atomic E-state index is 0.230. The Labute approximate surface area is 98.9 Å². The fourth-order valence-electron chi connectivity index (χ4n) is 1.68. The van der Waals surface area contributed by atoms with Crippen LogP contribution in [0.1, 0.15) is 55.1 Å². The van der Waals surface area contributed by atoms with Crippen LogP contribution >= 0.6 is 0 Å². The summed E-state index contributed by atoms with van der Waals surface area (Å²) in [5.74, 6) is 0.274. The monoisotopic (exact) mass is 218 g/mol. The first-order valence-electron chi connectivity index (χ1n) is 5.91. The number of Topliss-reactive ketones (excluding diaryl/α,β-unsaturated/α-hetero) is 1. The fourth-order valence-corrected chi connectivity index (χ4v) is 1.68. The van der Waals surface area contributed by atoms with Gasteiger partial charge in [0.25, 0.3) is 0 Å². The van der Waals surface area contributed by atoms with E-state index in [1.165, 1.54) is 5.56 Å². The summed E-state index contributed by atoms with van der Waals surface area (Å²) in [6.07, 6.45) is 1.59. The molecule has 16 heavy (non-hydrogen) atoms. The average Bonchev–Trinajstić information content (AvgIpc) is 2.17. The molecule has 0 amide bonds. The van der Waals surface area contributed by atoms with Crippen molar-refractivity contribution in [3.8, 4) is 0 Å². The third kappa shape index (κ3) is 3.48. The van der Waals surface area contributed by atoms with Gasteiger partial charge in [-0.25, -0.2) is 0 Å². The van der Waals surface area contributed by atoms with E-state index >= 15 is 0 Å². The molecule has 0 spiro atoms. The molecule has 0 fully saturated rings. The van der Waals surface area contributed by atoms with Gasteiger partial charge in [-0.3, -0.25) is 4.79 Å². The second kappa shape index (κ2) is 4.82. The average molecular weight is 218 g/mol. The quantitative estimate of drug-likeness (QED) is 0.691. The molecule has 1 aromatic carbocycles.